The van der Waals surface area contributed by atoms with E-state index in [0.29, 0.717) is 38.9 Å². The molecule has 0 saturated carbocycles. The highest BCUT2D eigenvalue weighted by molar-refractivity contribution is 7.99. The summed E-state index contributed by atoms with van der Waals surface area (Å²) in [5, 5.41) is 0.617. The normalized spacial score (nSPS) is 11.0. The number of thioether (sulfide) groups is 1. The van der Waals surface area contributed by atoms with Crippen LogP contribution in [0.4, 0.5) is 8.78 Å². The number of methoxy groups -OCH3 is 1. The minimum atomic E-state index is -2.53. The Labute approximate surface area is 156 Å². The lowest BCUT2D eigenvalue weighted by Crippen LogP contribution is -2.08. The minimum Gasteiger partial charge on any atom is -0.497 e. The van der Waals surface area contributed by atoms with Crippen LogP contribution in [-0.4, -0.2) is 18.8 Å². The van der Waals surface area contributed by atoms with Crippen molar-refractivity contribution < 1.29 is 27.5 Å². The van der Waals surface area contributed by atoms with E-state index in [1.165, 1.54) is 37.4 Å². The number of esters is 1. The van der Waals surface area contributed by atoms with E-state index in [9.17, 15) is 18.4 Å². The number of halogens is 2. The van der Waals surface area contributed by atoms with Gasteiger partial charge in [0.05, 0.1) is 12.7 Å². The standard InChI is InChI=1S/C19H14F2O5S/c1-24-13-4-7-15-12(8-17(22)26-16(15)9-13)10-25-18(23)11-2-5-14(6-3-11)27-19(20)21/h2-9,19H,10H2,1H3. The van der Waals surface area contributed by atoms with Gasteiger partial charge in [0.15, 0.2) is 0 Å². The van der Waals surface area contributed by atoms with E-state index in [1.54, 1.807) is 18.2 Å². The topological polar surface area (TPSA) is 65.7 Å². The Bertz CT molecular complexity index is 1010. The molecule has 3 rings (SSSR count). The second-order valence-electron chi connectivity index (χ2n) is 5.43. The van der Waals surface area contributed by atoms with Gasteiger partial charge in [-0.05, 0) is 36.4 Å². The molecule has 1 aromatic heterocycles. The Balaban J connectivity index is 1.76. The summed E-state index contributed by atoms with van der Waals surface area (Å²) in [6, 6.07) is 11.9. The summed E-state index contributed by atoms with van der Waals surface area (Å²) in [5.41, 5.74) is 0.459. The zero-order valence-corrected chi connectivity index (χ0v) is 14.9. The van der Waals surface area contributed by atoms with Crippen LogP contribution in [0, 0.1) is 0 Å². The summed E-state index contributed by atoms with van der Waals surface area (Å²) in [6.07, 6.45) is 0. The van der Waals surface area contributed by atoms with Gasteiger partial charge in [-0.1, -0.05) is 11.8 Å². The van der Waals surface area contributed by atoms with Gasteiger partial charge in [0.2, 0.25) is 0 Å². The van der Waals surface area contributed by atoms with E-state index >= 15 is 0 Å². The first-order chi connectivity index (χ1) is 13.0. The third-order valence-electron chi connectivity index (χ3n) is 3.71. The molecular formula is C19H14F2O5S. The predicted molar refractivity (Wildman–Crippen MR) is 96.5 cm³/mol. The number of carbonyl (C=O) groups is 1. The number of hydrogen-bond acceptors (Lipinski definition) is 6. The van der Waals surface area contributed by atoms with Crippen molar-refractivity contribution in [3.05, 3.63) is 70.1 Å². The maximum absolute atomic E-state index is 12.3. The third-order valence-corrected chi connectivity index (χ3v) is 4.43. The molecule has 5 nitrogen and oxygen atoms in total. The second kappa shape index (κ2) is 8.22. The summed E-state index contributed by atoms with van der Waals surface area (Å²) in [6.45, 7) is -0.138. The monoisotopic (exact) mass is 392 g/mol. The van der Waals surface area contributed by atoms with Crippen LogP contribution in [0.3, 0.4) is 0 Å². The summed E-state index contributed by atoms with van der Waals surface area (Å²) >= 11 is 0.394. The number of hydrogen-bond donors (Lipinski definition) is 0. The van der Waals surface area contributed by atoms with Crippen LogP contribution in [0.1, 0.15) is 15.9 Å². The van der Waals surface area contributed by atoms with Gasteiger partial charge in [-0.3, -0.25) is 0 Å². The smallest absolute Gasteiger partial charge is 0.338 e. The van der Waals surface area contributed by atoms with Crippen molar-refractivity contribution in [2.75, 3.05) is 7.11 Å². The van der Waals surface area contributed by atoms with E-state index in [1.807, 2.05) is 0 Å². The zero-order chi connectivity index (χ0) is 19.4. The second-order valence-corrected chi connectivity index (χ2v) is 6.50. The first-order valence-corrected chi connectivity index (χ1v) is 8.67. The Kier molecular flexibility index (Phi) is 5.75. The van der Waals surface area contributed by atoms with Crippen molar-refractivity contribution in [2.24, 2.45) is 0 Å². The summed E-state index contributed by atoms with van der Waals surface area (Å²) in [4.78, 5) is 24.3. The molecule has 0 saturated heterocycles. The fourth-order valence-corrected chi connectivity index (χ4v) is 2.95. The Morgan fingerprint density at radius 3 is 2.56 bits per heavy atom. The van der Waals surface area contributed by atoms with Crippen LogP contribution in [0.5, 0.6) is 5.75 Å². The van der Waals surface area contributed by atoms with Crippen LogP contribution < -0.4 is 10.4 Å². The van der Waals surface area contributed by atoms with Crippen molar-refractivity contribution in [3.8, 4) is 5.75 Å². The van der Waals surface area contributed by atoms with E-state index < -0.39 is 17.4 Å². The molecule has 0 amide bonds. The summed E-state index contributed by atoms with van der Waals surface area (Å²) in [5.74, 6) is -2.63. The molecule has 0 spiro atoms. The average molecular weight is 392 g/mol. The van der Waals surface area contributed by atoms with Crippen LogP contribution >= 0.6 is 11.8 Å². The predicted octanol–water partition coefficient (Wildman–Crippen LogP) is 4.47. The van der Waals surface area contributed by atoms with E-state index in [0.717, 1.165) is 0 Å². The lowest BCUT2D eigenvalue weighted by atomic mass is 10.1. The quantitative estimate of drug-likeness (QED) is 0.350. The Hall–Kier alpha value is -2.87. The van der Waals surface area contributed by atoms with Gasteiger partial charge in [0, 0.05) is 28.0 Å². The maximum atomic E-state index is 12.3. The van der Waals surface area contributed by atoms with Gasteiger partial charge < -0.3 is 13.9 Å². The molecule has 1 heterocycles. The largest absolute Gasteiger partial charge is 0.497 e. The average Bonchev–Trinajstić information content (AvgIpc) is 2.65. The SMILES string of the molecule is COc1ccc2c(COC(=O)c3ccc(SC(F)F)cc3)cc(=O)oc2c1. The molecule has 0 aliphatic rings. The number of ether oxygens (including phenoxy) is 2. The van der Waals surface area contributed by atoms with E-state index in [4.69, 9.17) is 13.9 Å². The van der Waals surface area contributed by atoms with Gasteiger partial charge in [-0.15, -0.1) is 0 Å². The highest BCUT2D eigenvalue weighted by Crippen LogP contribution is 2.26. The van der Waals surface area contributed by atoms with Crippen LogP contribution in [-0.2, 0) is 11.3 Å². The first kappa shape index (κ1) is 18.9. The highest BCUT2D eigenvalue weighted by atomic mass is 32.2. The molecule has 140 valence electrons. The molecule has 0 bridgehead atoms. The van der Waals surface area contributed by atoms with Crippen LogP contribution in [0.2, 0.25) is 0 Å². The fourth-order valence-electron chi connectivity index (χ4n) is 2.46. The molecule has 0 aliphatic heterocycles. The lowest BCUT2D eigenvalue weighted by Gasteiger charge is -2.08. The van der Waals surface area contributed by atoms with Crippen molar-refractivity contribution in [3.63, 3.8) is 0 Å². The number of benzene rings is 2. The lowest BCUT2D eigenvalue weighted by molar-refractivity contribution is 0.0473. The molecule has 8 heteroatoms. The number of fused-ring (bicyclic) bond motifs is 1. The maximum Gasteiger partial charge on any atom is 0.338 e. The molecule has 0 atom stereocenters. The first-order valence-electron chi connectivity index (χ1n) is 7.79. The molecule has 0 aliphatic carbocycles. The Morgan fingerprint density at radius 2 is 1.89 bits per heavy atom. The molecule has 0 fully saturated rings. The summed E-state index contributed by atoms with van der Waals surface area (Å²) < 4.78 is 40.1. The number of rotatable bonds is 6. The van der Waals surface area contributed by atoms with Gasteiger partial charge in [0.1, 0.15) is 17.9 Å². The van der Waals surface area contributed by atoms with E-state index in [2.05, 4.69) is 0 Å². The van der Waals surface area contributed by atoms with Gasteiger partial charge in [0.25, 0.3) is 5.76 Å². The van der Waals surface area contributed by atoms with Gasteiger partial charge in [-0.2, -0.15) is 8.78 Å². The third kappa shape index (κ3) is 4.65. The van der Waals surface area contributed by atoms with Gasteiger partial charge in [-0.25, -0.2) is 9.59 Å². The fraction of sp³-hybridized carbons (Fsp3) is 0.158. The molecule has 0 unspecified atom stereocenters. The number of alkyl halides is 2. The van der Waals surface area contributed by atoms with Crippen LogP contribution in [0.25, 0.3) is 11.0 Å². The minimum absolute atomic E-state index is 0.138. The molecule has 3 aromatic rings. The summed E-state index contributed by atoms with van der Waals surface area (Å²) in [7, 11) is 1.50. The van der Waals surface area contributed by atoms with Crippen molar-refractivity contribution >= 4 is 28.7 Å². The molecule has 2 aromatic carbocycles. The molecular weight excluding hydrogens is 378 g/mol. The van der Waals surface area contributed by atoms with Crippen molar-refractivity contribution in [1.29, 1.82) is 0 Å². The zero-order valence-electron chi connectivity index (χ0n) is 14.1. The van der Waals surface area contributed by atoms with Crippen molar-refractivity contribution in [2.45, 2.75) is 17.3 Å². The highest BCUT2D eigenvalue weighted by Gasteiger charge is 2.12. The number of carbonyl (C=O) groups excluding carboxylic acids is 1. The van der Waals surface area contributed by atoms with Crippen LogP contribution in [0.15, 0.2) is 62.6 Å². The van der Waals surface area contributed by atoms with Gasteiger partial charge >= 0.3 is 11.6 Å². The Morgan fingerprint density at radius 1 is 1.15 bits per heavy atom. The molecule has 27 heavy (non-hydrogen) atoms. The van der Waals surface area contributed by atoms with E-state index in [-0.39, 0.29) is 12.2 Å². The van der Waals surface area contributed by atoms with Crippen molar-refractivity contribution in [1.82, 2.24) is 0 Å². The molecule has 0 N–H and O–H groups in total. The molecule has 0 radical (unpaired) electrons.